The molecule has 6 rings (SSSR count). The zero-order valence-electron chi connectivity index (χ0n) is 17.5. The summed E-state index contributed by atoms with van der Waals surface area (Å²) in [7, 11) is 0. The third-order valence-electron chi connectivity index (χ3n) is 5.01. The van der Waals surface area contributed by atoms with Crippen LogP contribution in [0.25, 0.3) is 11.2 Å². The molecular weight excluding hydrogens is 420 g/mol. The molecular formula is C22H20N10O. The Morgan fingerprint density at radius 3 is 2.76 bits per heavy atom. The lowest BCUT2D eigenvalue weighted by Crippen LogP contribution is -2.52. The molecule has 4 aromatic rings. The van der Waals surface area contributed by atoms with E-state index in [0.717, 1.165) is 22.7 Å². The van der Waals surface area contributed by atoms with Crippen LogP contribution in [-0.4, -0.2) is 49.8 Å². The van der Waals surface area contributed by atoms with Gasteiger partial charge in [0.15, 0.2) is 23.0 Å². The first-order valence-electron chi connectivity index (χ1n) is 10.2. The van der Waals surface area contributed by atoms with E-state index in [0.29, 0.717) is 30.2 Å². The Kier molecular flexibility index (Phi) is 5.52. The molecule has 0 fully saturated rings. The highest BCUT2D eigenvalue weighted by molar-refractivity contribution is 6.50. The van der Waals surface area contributed by atoms with E-state index < -0.39 is 5.66 Å². The number of nitrogens with one attached hydrogen (secondary N) is 2. The van der Waals surface area contributed by atoms with Gasteiger partial charge in [-0.25, -0.2) is 34.9 Å². The molecule has 5 heterocycles. The minimum absolute atomic E-state index is 0.568. The van der Waals surface area contributed by atoms with Crippen molar-refractivity contribution in [2.75, 3.05) is 5.32 Å². The number of hydrogen-bond donors (Lipinski definition) is 3. The van der Waals surface area contributed by atoms with Crippen molar-refractivity contribution in [3.8, 4) is 0 Å². The number of amidine groups is 1. The average Bonchev–Trinajstić information content (AvgIpc) is 3.61. The summed E-state index contributed by atoms with van der Waals surface area (Å²) in [5, 5.41) is 3.16. The van der Waals surface area contributed by atoms with Gasteiger partial charge in [-0.3, -0.25) is 0 Å². The van der Waals surface area contributed by atoms with Gasteiger partial charge in [-0.15, -0.1) is 0 Å². The number of benzene rings is 1. The Hall–Kier alpha value is -4.51. The Morgan fingerprint density at radius 2 is 1.91 bits per heavy atom. The van der Waals surface area contributed by atoms with Gasteiger partial charge in [-0.2, -0.15) is 0 Å². The summed E-state index contributed by atoms with van der Waals surface area (Å²) < 4.78 is 5.22. The lowest BCUT2D eigenvalue weighted by Gasteiger charge is -2.26. The smallest absolute Gasteiger partial charge is 0.182 e. The third kappa shape index (κ3) is 4.43. The summed E-state index contributed by atoms with van der Waals surface area (Å²) in [5.74, 6) is 2.14. The van der Waals surface area contributed by atoms with Gasteiger partial charge < -0.3 is 20.5 Å². The van der Waals surface area contributed by atoms with Crippen molar-refractivity contribution in [3.63, 3.8) is 0 Å². The molecule has 0 bridgehead atoms. The van der Waals surface area contributed by atoms with Crippen molar-refractivity contribution in [1.82, 2.24) is 19.9 Å². The predicted molar refractivity (Wildman–Crippen MR) is 127 cm³/mol. The van der Waals surface area contributed by atoms with Gasteiger partial charge in [-0.05, 0) is 17.7 Å². The van der Waals surface area contributed by atoms with Crippen molar-refractivity contribution in [2.24, 2.45) is 25.7 Å². The van der Waals surface area contributed by atoms with Crippen molar-refractivity contribution in [3.05, 3.63) is 72.7 Å². The normalized spacial score (nSPS) is 18.3. The molecule has 33 heavy (non-hydrogen) atoms. The Bertz CT molecular complexity index is 1350. The summed E-state index contributed by atoms with van der Waals surface area (Å²) in [6, 6.07) is 13.7. The fraction of sp³-hybridized carbons (Fsp3) is 0.136. The molecule has 164 valence electrons. The average molecular weight is 440 g/mol. The van der Waals surface area contributed by atoms with Crippen LogP contribution in [0, 0.1) is 0 Å². The number of aromatic amines is 1. The first-order chi connectivity index (χ1) is 16.2. The maximum atomic E-state index is 6.29. The van der Waals surface area contributed by atoms with Crippen LogP contribution in [0.4, 0.5) is 5.82 Å². The van der Waals surface area contributed by atoms with Crippen LogP contribution in [0.1, 0.15) is 11.3 Å². The lowest BCUT2D eigenvalue weighted by atomic mass is 9.95. The molecule has 11 heteroatoms. The lowest BCUT2D eigenvalue weighted by molar-refractivity contribution is 0.518. The number of nitrogens with two attached hydrogens (primary N) is 1. The summed E-state index contributed by atoms with van der Waals surface area (Å²) in [6.45, 7) is 0.581. The van der Waals surface area contributed by atoms with E-state index >= 15 is 0 Å². The van der Waals surface area contributed by atoms with Crippen molar-refractivity contribution in [1.29, 1.82) is 0 Å². The Labute approximate surface area is 188 Å². The molecule has 4 N–H and O–H groups in total. The molecule has 1 unspecified atom stereocenters. The van der Waals surface area contributed by atoms with E-state index in [2.05, 4.69) is 45.2 Å². The number of anilines is 1. The maximum absolute atomic E-state index is 6.29. The van der Waals surface area contributed by atoms with Gasteiger partial charge >= 0.3 is 0 Å². The minimum Gasteiger partial charge on any atom is -0.467 e. The highest BCUT2D eigenvalue weighted by atomic mass is 16.3. The van der Waals surface area contributed by atoms with Crippen LogP contribution < -0.4 is 11.1 Å². The van der Waals surface area contributed by atoms with Crippen LogP contribution in [-0.2, 0) is 13.0 Å². The predicted octanol–water partition coefficient (Wildman–Crippen LogP) is 2.37. The monoisotopic (exact) mass is 440 g/mol. The van der Waals surface area contributed by atoms with Crippen LogP contribution in [0.3, 0.4) is 0 Å². The molecule has 0 spiro atoms. The van der Waals surface area contributed by atoms with Crippen molar-refractivity contribution in [2.45, 2.75) is 18.6 Å². The largest absolute Gasteiger partial charge is 0.467 e. The minimum atomic E-state index is -0.852. The third-order valence-corrected chi connectivity index (χ3v) is 5.01. The van der Waals surface area contributed by atoms with E-state index in [1.165, 1.54) is 19.0 Å². The van der Waals surface area contributed by atoms with Gasteiger partial charge in [0.1, 0.15) is 36.0 Å². The van der Waals surface area contributed by atoms with Gasteiger partial charge in [0, 0.05) is 6.42 Å². The molecule has 2 aliphatic heterocycles. The Morgan fingerprint density at radius 1 is 1.00 bits per heavy atom. The molecule has 11 nitrogen and oxygen atoms in total. The summed E-state index contributed by atoms with van der Waals surface area (Å²) in [5.41, 5.74) is 8.64. The van der Waals surface area contributed by atoms with E-state index in [1.54, 1.807) is 12.6 Å². The van der Waals surface area contributed by atoms with Gasteiger partial charge in [-0.1, -0.05) is 30.3 Å². The summed E-state index contributed by atoms with van der Waals surface area (Å²) >= 11 is 0. The first-order valence-corrected chi connectivity index (χ1v) is 10.2. The SMILES string of the molecule is NC1(Cc2ccccc2)N=CN=C2N=CN=C21.c1coc(CNc2ncnc3nc[nH]c23)c1. The number of aromatic nitrogens is 4. The van der Waals surface area contributed by atoms with E-state index in [4.69, 9.17) is 10.2 Å². The topological polar surface area (TPSA) is 155 Å². The van der Waals surface area contributed by atoms with Crippen molar-refractivity contribution >= 4 is 41.2 Å². The molecule has 0 saturated carbocycles. The molecule has 3 aromatic heterocycles. The zero-order chi connectivity index (χ0) is 22.5. The second-order valence-electron chi connectivity index (χ2n) is 7.26. The number of furan rings is 1. The number of aliphatic imine (C=N–C) groups is 4. The van der Waals surface area contributed by atoms with E-state index in [-0.39, 0.29) is 0 Å². The zero-order valence-corrected chi connectivity index (χ0v) is 17.5. The van der Waals surface area contributed by atoms with Crippen LogP contribution in [0.2, 0.25) is 0 Å². The second kappa shape index (κ2) is 8.93. The number of nitrogens with zero attached hydrogens (tertiary/aromatic N) is 7. The van der Waals surface area contributed by atoms with E-state index in [9.17, 15) is 0 Å². The quantitative estimate of drug-likeness (QED) is 0.433. The molecule has 0 radical (unpaired) electrons. The van der Waals surface area contributed by atoms with Crippen molar-refractivity contribution < 1.29 is 4.42 Å². The first kappa shape index (κ1) is 20.4. The number of rotatable bonds is 5. The van der Waals surface area contributed by atoms with E-state index in [1.807, 2.05) is 42.5 Å². The fourth-order valence-corrected chi connectivity index (χ4v) is 3.43. The van der Waals surface area contributed by atoms with Gasteiger partial charge in [0.2, 0.25) is 0 Å². The second-order valence-corrected chi connectivity index (χ2v) is 7.26. The van der Waals surface area contributed by atoms with Crippen LogP contribution in [0.5, 0.6) is 0 Å². The number of hydrogen-bond acceptors (Lipinski definition) is 10. The Balaban J connectivity index is 0.000000139. The summed E-state index contributed by atoms with van der Waals surface area (Å²) in [4.78, 5) is 31.7. The molecule has 0 amide bonds. The maximum Gasteiger partial charge on any atom is 0.182 e. The highest BCUT2D eigenvalue weighted by Gasteiger charge is 2.37. The number of imidazole rings is 1. The van der Waals surface area contributed by atoms with Gasteiger partial charge in [0.05, 0.1) is 19.1 Å². The van der Waals surface area contributed by atoms with Crippen LogP contribution in [0.15, 0.2) is 85.8 Å². The highest BCUT2D eigenvalue weighted by Crippen LogP contribution is 2.20. The molecule has 1 aromatic carbocycles. The number of fused-ring (bicyclic) bond motifs is 2. The fourth-order valence-electron chi connectivity index (χ4n) is 3.43. The summed E-state index contributed by atoms with van der Waals surface area (Å²) in [6.07, 6.45) is 8.23. The molecule has 0 aliphatic carbocycles. The number of H-pyrrole nitrogens is 1. The van der Waals surface area contributed by atoms with Crippen LogP contribution >= 0.6 is 0 Å². The molecule has 1 atom stereocenters. The standard InChI is InChI=1S/C12H11N5.C10H9N5O/c13-12(6-9-4-2-1-3-5-9)10-11(15-7-14-10)16-8-17-12;1-2-7(16-3-1)4-11-9-8-10(13-5-12-8)15-6-14-9/h1-5,7-8H,6,13H2;1-3,5-6H,4H2,(H2,11,12,13,14,15). The molecule has 0 saturated heterocycles. The van der Waals surface area contributed by atoms with Gasteiger partial charge in [0.25, 0.3) is 0 Å². The molecule has 2 aliphatic rings.